The summed E-state index contributed by atoms with van der Waals surface area (Å²) in [7, 11) is 3.05. The zero-order valence-corrected chi connectivity index (χ0v) is 32.4. The molecule has 2 unspecified atom stereocenters. The van der Waals surface area contributed by atoms with E-state index in [4.69, 9.17) is 37.4 Å². The van der Waals surface area contributed by atoms with Crippen LogP contribution >= 0.6 is 23.2 Å². The van der Waals surface area contributed by atoms with Crippen LogP contribution < -0.4 is 19.5 Å². The van der Waals surface area contributed by atoms with Crippen LogP contribution in [-0.2, 0) is 4.79 Å². The summed E-state index contributed by atoms with van der Waals surface area (Å²) >= 11 is 12.7. The lowest BCUT2D eigenvalue weighted by atomic mass is 9.95. The highest BCUT2D eigenvalue weighted by Crippen LogP contribution is 2.40. The molecular formula is C40H42Cl2N6O6. The number of anilines is 2. The minimum absolute atomic E-state index is 0.188. The molecule has 2 atom stereocenters. The van der Waals surface area contributed by atoms with Crippen molar-refractivity contribution in [2.75, 3.05) is 58.9 Å². The molecule has 6 rings (SSSR count). The molecule has 3 heterocycles. The molecule has 282 valence electrons. The van der Waals surface area contributed by atoms with Gasteiger partial charge >= 0.3 is 0 Å². The summed E-state index contributed by atoms with van der Waals surface area (Å²) in [5.74, 6) is 0.218. The van der Waals surface area contributed by atoms with Crippen LogP contribution in [0.25, 0.3) is 10.9 Å². The summed E-state index contributed by atoms with van der Waals surface area (Å²) in [5.41, 5.74) is 3.48. The standard InChI is InChI=1S/C40H42Cl2N6O6/c1-6-24(3)37(48-38(49)26-9-8-23(2)16-27(26)39(48)50)40(51)47-13-11-46(12-14-47)10-7-15-54-35-19-31-28(17-34(35)53-5)36(25(21-43)22-44-31)45-32-20-33(52-4)30(42)18-29(32)41/h8-9,16-20,22,24,37H,6-7,10-15H2,1-5H3,(H,44,45). The number of piperazine rings is 1. The number of pyridine rings is 1. The average Bonchev–Trinajstić information content (AvgIpc) is 3.41. The fraction of sp³-hybridized carbons (Fsp3) is 0.375. The summed E-state index contributed by atoms with van der Waals surface area (Å²) in [5, 5.41) is 14.5. The molecule has 1 N–H and O–H groups in total. The molecule has 1 saturated heterocycles. The number of rotatable bonds is 13. The highest BCUT2D eigenvalue weighted by molar-refractivity contribution is 6.37. The second-order valence-corrected chi connectivity index (χ2v) is 14.3. The zero-order chi connectivity index (χ0) is 38.7. The maximum atomic E-state index is 14.0. The van der Waals surface area contributed by atoms with Crippen LogP contribution in [0.4, 0.5) is 11.4 Å². The molecule has 54 heavy (non-hydrogen) atoms. The van der Waals surface area contributed by atoms with Crippen LogP contribution in [0, 0.1) is 24.2 Å². The highest BCUT2D eigenvalue weighted by atomic mass is 35.5. The Morgan fingerprint density at radius 1 is 0.963 bits per heavy atom. The number of carbonyl (C=O) groups excluding carboxylic acids is 3. The number of nitrogens with one attached hydrogen (secondary N) is 1. The van der Waals surface area contributed by atoms with E-state index in [0.29, 0.717) is 112 Å². The largest absolute Gasteiger partial charge is 0.495 e. The Hall–Kier alpha value is -5.09. The van der Waals surface area contributed by atoms with Crippen LogP contribution in [0.3, 0.4) is 0 Å². The van der Waals surface area contributed by atoms with Gasteiger partial charge in [-0.1, -0.05) is 55.1 Å². The molecule has 0 radical (unpaired) electrons. The van der Waals surface area contributed by atoms with E-state index in [1.165, 1.54) is 18.2 Å². The summed E-state index contributed by atoms with van der Waals surface area (Å²) in [4.78, 5) is 50.5. The molecule has 0 bridgehead atoms. The normalized spacial score (nSPS) is 15.5. The van der Waals surface area contributed by atoms with Crippen molar-refractivity contribution in [2.45, 2.75) is 39.7 Å². The van der Waals surface area contributed by atoms with E-state index < -0.39 is 17.9 Å². The maximum absolute atomic E-state index is 14.0. The molecule has 14 heteroatoms. The van der Waals surface area contributed by atoms with Crippen LogP contribution in [0.2, 0.25) is 10.0 Å². The third kappa shape index (κ3) is 7.62. The van der Waals surface area contributed by atoms with Crippen molar-refractivity contribution in [3.8, 4) is 23.3 Å². The second-order valence-electron chi connectivity index (χ2n) is 13.5. The molecule has 3 aromatic carbocycles. The third-order valence-electron chi connectivity index (χ3n) is 10.1. The lowest BCUT2D eigenvalue weighted by Gasteiger charge is -2.39. The molecule has 1 aromatic heterocycles. The number of halogens is 2. The third-order valence-corrected chi connectivity index (χ3v) is 10.7. The number of hydrogen-bond acceptors (Lipinski definition) is 10. The molecule has 4 aromatic rings. The van der Waals surface area contributed by atoms with Crippen molar-refractivity contribution in [3.05, 3.63) is 81.0 Å². The first kappa shape index (κ1) is 38.6. The van der Waals surface area contributed by atoms with Gasteiger partial charge in [-0.3, -0.25) is 29.2 Å². The summed E-state index contributed by atoms with van der Waals surface area (Å²) in [6.07, 6.45) is 2.84. The monoisotopic (exact) mass is 772 g/mol. The Morgan fingerprint density at radius 2 is 1.69 bits per heavy atom. The van der Waals surface area contributed by atoms with E-state index >= 15 is 0 Å². The van der Waals surface area contributed by atoms with Crippen LogP contribution in [-0.4, -0.2) is 97.0 Å². The highest BCUT2D eigenvalue weighted by Gasteiger charge is 2.46. The van der Waals surface area contributed by atoms with Crippen LogP contribution in [0.15, 0.2) is 48.7 Å². The Kier molecular flexibility index (Phi) is 11.8. The first-order chi connectivity index (χ1) is 26.0. The Balaban J connectivity index is 1.07. The van der Waals surface area contributed by atoms with Crippen LogP contribution in [0.5, 0.6) is 17.2 Å². The van der Waals surface area contributed by atoms with E-state index in [1.807, 2.05) is 26.8 Å². The number of nitriles is 1. The van der Waals surface area contributed by atoms with Gasteiger partial charge in [-0.2, -0.15) is 5.26 Å². The van der Waals surface area contributed by atoms with Gasteiger partial charge in [-0.25, -0.2) is 0 Å². The minimum atomic E-state index is -0.855. The first-order valence-corrected chi connectivity index (χ1v) is 18.6. The lowest BCUT2D eigenvalue weighted by molar-refractivity contribution is -0.139. The van der Waals surface area contributed by atoms with Gasteiger partial charge in [-0.05, 0) is 43.5 Å². The van der Waals surface area contributed by atoms with Gasteiger partial charge in [0.2, 0.25) is 5.91 Å². The minimum Gasteiger partial charge on any atom is -0.495 e. The van der Waals surface area contributed by atoms with E-state index in [1.54, 1.807) is 48.4 Å². The summed E-state index contributed by atoms with van der Waals surface area (Å²) in [6, 6.07) is 13.3. The van der Waals surface area contributed by atoms with Gasteiger partial charge in [0.25, 0.3) is 11.8 Å². The van der Waals surface area contributed by atoms with Crippen molar-refractivity contribution in [2.24, 2.45) is 5.92 Å². The number of nitrogens with zero attached hydrogens (tertiary/aromatic N) is 5. The van der Waals surface area contributed by atoms with Crippen LogP contribution in [0.1, 0.15) is 58.5 Å². The van der Waals surface area contributed by atoms with Gasteiger partial charge < -0.3 is 24.4 Å². The predicted octanol–water partition coefficient (Wildman–Crippen LogP) is 7.11. The average molecular weight is 774 g/mol. The topological polar surface area (TPSA) is 137 Å². The number of imide groups is 1. The molecule has 1 fully saturated rings. The molecule has 3 amide bonds. The number of amides is 3. The Labute approximate surface area is 324 Å². The smallest absolute Gasteiger partial charge is 0.262 e. The number of methoxy groups -OCH3 is 2. The van der Waals surface area contributed by atoms with Crippen molar-refractivity contribution >= 4 is 63.2 Å². The number of aryl methyl sites for hydroxylation is 1. The molecular weight excluding hydrogens is 731 g/mol. The number of benzene rings is 3. The maximum Gasteiger partial charge on any atom is 0.262 e. The Bertz CT molecular complexity index is 2150. The van der Waals surface area contributed by atoms with Gasteiger partial charge in [0.05, 0.1) is 64.5 Å². The molecule has 12 nitrogen and oxygen atoms in total. The van der Waals surface area contributed by atoms with Gasteiger partial charge in [0.15, 0.2) is 11.5 Å². The number of hydrogen-bond donors (Lipinski definition) is 1. The number of aromatic nitrogens is 1. The van der Waals surface area contributed by atoms with Gasteiger partial charge in [0.1, 0.15) is 17.9 Å². The van der Waals surface area contributed by atoms with E-state index in [2.05, 4.69) is 21.3 Å². The molecule has 2 aliphatic rings. The number of ether oxygens (including phenoxy) is 3. The van der Waals surface area contributed by atoms with Crippen molar-refractivity contribution in [1.29, 1.82) is 5.26 Å². The number of fused-ring (bicyclic) bond motifs is 2. The lowest BCUT2D eigenvalue weighted by Crippen LogP contribution is -2.58. The Morgan fingerprint density at radius 3 is 2.37 bits per heavy atom. The zero-order valence-electron chi connectivity index (χ0n) is 30.9. The first-order valence-electron chi connectivity index (χ1n) is 17.8. The van der Waals surface area contributed by atoms with Crippen molar-refractivity contribution in [3.63, 3.8) is 0 Å². The van der Waals surface area contributed by atoms with Crippen molar-refractivity contribution in [1.82, 2.24) is 19.7 Å². The van der Waals surface area contributed by atoms with Crippen molar-refractivity contribution < 1.29 is 28.6 Å². The fourth-order valence-corrected chi connectivity index (χ4v) is 7.42. The summed E-state index contributed by atoms with van der Waals surface area (Å²) in [6.45, 7) is 9.21. The molecule has 0 saturated carbocycles. The van der Waals surface area contributed by atoms with E-state index in [9.17, 15) is 19.6 Å². The SMILES string of the molecule is CCC(C)C(C(=O)N1CCN(CCCOc2cc3ncc(C#N)c(Nc4cc(OC)c(Cl)cc4Cl)c3cc2OC)CC1)N1C(=O)c2ccc(C)cc2C1=O. The van der Waals surface area contributed by atoms with Gasteiger partial charge in [0, 0.05) is 56.4 Å². The fourth-order valence-electron chi connectivity index (χ4n) is 6.91. The quantitative estimate of drug-likeness (QED) is 0.111. The second kappa shape index (κ2) is 16.5. The number of carbonyl (C=O) groups is 3. The molecule has 0 spiro atoms. The summed E-state index contributed by atoms with van der Waals surface area (Å²) < 4.78 is 17.2. The van der Waals surface area contributed by atoms with E-state index in [-0.39, 0.29) is 11.8 Å². The molecule has 2 aliphatic heterocycles. The predicted molar refractivity (Wildman–Crippen MR) is 207 cm³/mol. The van der Waals surface area contributed by atoms with E-state index in [0.717, 1.165) is 12.1 Å². The molecule has 0 aliphatic carbocycles. The van der Waals surface area contributed by atoms with Gasteiger partial charge in [-0.15, -0.1) is 0 Å².